The van der Waals surface area contributed by atoms with Gasteiger partial charge >= 0.3 is 0 Å². The summed E-state index contributed by atoms with van der Waals surface area (Å²) >= 11 is 1.82. The highest BCUT2D eigenvalue weighted by Gasteiger charge is 2.17. The fourth-order valence-corrected chi connectivity index (χ4v) is 3.69. The van der Waals surface area contributed by atoms with Crippen LogP contribution in [0.2, 0.25) is 0 Å². The predicted molar refractivity (Wildman–Crippen MR) is 81.1 cm³/mol. The molecule has 108 valence electrons. The molecule has 4 nitrogen and oxygen atoms in total. The van der Waals surface area contributed by atoms with Crippen molar-refractivity contribution in [3.8, 4) is 10.8 Å². The Bertz CT molecular complexity index is 550. The molecule has 1 N–H and O–H groups in total. The quantitative estimate of drug-likeness (QED) is 0.919. The SMILES string of the molecule is CC(C)NCCc1nnc(-c2cc3c(s2)CCCC3)o1. The van der Waals surface area contributed by atoms with Gasteiger partial charge in [0.15, 0.2) is 0 Å². The van der Waals surface area contributed by atoms with Crippen LogP contribution in [-0.4, -0.2) is 22.8 Å². The molecule has 0 unspecified atom stereocenters. The third-order valence-corrected chi connectivity index (χ3v) is 4.79. The minimum absolute atomic E-state index is 0.487. The van der Waals surface area contributed by atoms with Gasteiger partial charge in [-0.3, -0.25) is 0 Å². The van der Waals surface area contributed by atoms with E-state index in [-0.39, 0.29) is 0 Å². The smallest absolute Gasteiger partial charge is 0.257 e. The van der Waals surface area contributed by atoms with E-state index in [2.05, 4.69) is 35.4 Å². The first kappa shape index (κ1) is 13.8. The van der Waals surface area contributed by atoms with Gasteiger partial charge in [0.1, 0.15) is 0 Å². The van der Waals surface area contributed by atoms with Crippen LogP contribution >= 0.6 is 11.3 Å². The van der Waals surface area contributed by atoms with Crippen LogP contribution in [0.15, 0.2) is 10.5 Å². The zero-order valence-corrected chi connectivity index (χ0v) is 12.9. The molecule has 1 aliphatic rings. The Kier molecular flexibility index (Phi) is 4.17. The lowest BCUT2D eigenvalue weighted by molar-refractivity contribution is 0.485. The maximum atomic E-state index is 5.78. The van der Waals surface area contributed by atoms with E-state index in [1.165, 1.54) is 36.1 Å². The molecule has 2 aromatic heterocycles. The Balaban J connectivity index is 1.68. The van der Waals surface area contributed by atoms with Crippen LogP contribution in [0.1, 0.15) is 43.0 Å². The molecule has 0 amide bonds. The molecule has 0 spiro atoms. The van der Waals surface area contributed by atoms with Crippen molar-refractivity contribution in [2.75, 3.05) is 6.54 Å². The van der Waals surface area contributed by atoms with Gasteiger partial charge in [-0.25, -0.2) is 0 Å². The van der Waals surface area contributed by atoms with E-state index in [0.29, 0.717) is 11.9 Å². The van der Waals surface area contributed by atoms with Crippen LogP contribution < -0.4 is 5.32 Å². The molecule has 0 aromatic carbocycles. The normalized spacial score (nSPS) is 14.8. The van der Waals surface area contributed by atoms with E-state index in [1.807, 2.05) is 11.3 Å². The van der Waals surface area contributed by atoms with E-state index in [9.17, 15) is 0 Å². The van der Waals surface area contributed by atoms with E-state index in [0.717, 1.165) is 23.7 Å². The number of aromatic nitrogens is 2. The average Bonchev–Trinajstić information content (AvgIpc) is 3.03. The summed E-state index contributed by atoms with van der Waals surface area (Å²) in [6.07, 6.45) is 5.81. The summed E-state index contributed by atoms with van der Waals surface area (Å²) in [5.74, 6) is 1.41. The van der Waals surface area contributed by atoms with E-state index < -0.39 is 0 Å². The van der Waals surface area contributed by atoms with Crippen molar-refractivity contribution >= 4 is 11.3 Å². The standard InChI is InChI=1S/C15H21N3OS/c1-10(2)16-8-7-14-17-18-15(19-14)13-9-11-5-3-4-6-12(11)20-13/h9-10,16H,3-8H2,1-2H3. The lowest BCUT2D eigenvalue weighted by Gasteiger charge is -2.08. The van der Waals surface area contributed by atoms with Crippen molar-refractivity contribution in [3.63, 3.8) is 0 Å². The Morgan fingerprint density at radius 2 is 2.15 bits per heavy atom. The fraction of sp³-hybridized carbons (Fsp3) is 0.600. The molecule has 0 aliphatic heterocycles. The predicted octanol–water partition coefficient (Wildman–Crippen LogP) is 3.22. The second-order valence-electron chi connectivity index (χ2n) is 5.63. The third-order valence-electron chi connectivity index (χ3n) is 3.57. The van der Waals surface area contributed by atoms with E-state index in [4.69, 9.17) is 4.42 Å². The number of fused-ring (bicyclic) bond motifs is 1. The van der Waals surface area contributed by atoms with Crippen molar-refractivity contribution in [3.05, 3.63) is 22.4 Å². The summed E-state index contributed by atoms with van der Waals surface area (Å²) in [7, 11) is 0. The lowest BCUT2D eigenvalue weighted by atomic mass is 9.99. The molecule has 0 fully saturated rings. The number of aryl methyl sites for hydroxylation is 2. The summed E-state index contributed by atoms with van der Waals surface area (Å²) in [5, 5.41) is 11.7. The molecule has 2 heterocycles. The fourth-order valence-electron chi connectivity index (χ4n) is 2.52. The third kappa shape index (κ3) is 3.10. The Hall–Kier alpha value is -1.20. The van der Waals surface area contributed by atoms with Crippen molar-refractivity contribution in [2.45, 2.75) is 52.0 Å². The first-order valence-corrected chi connectivity index (χ1v) is 8.22. The zero-order chi connectivity index (χ0) is 13.9. The highest BCUT2D eigenvalue weighted by atomic mass is 32.1. The maximum Gasteiger partial charge on any atom is 0.257 e. The Morgan fingerprint density at radius 1 is 1.30 bits per heavy atom. The number of nitrogens with one attached hydrogen (secondary N) is 1. The lowest BCUT2D eigenvalue weighted by Crippen LogP contribution is -2.25. The highest BCUT2D eigenvalue weighted by molar-refractivity contribution is 7.15. The van der Waals surface area contributed by atoms with Gasteiger partial charge in [-0.15, -0.1) is 21.5 Å². The van der Waals surface area contributed by atoms with Gasteiger partial charge in [0.05, 0.1) is 4.88 Å². The van der Waals surface area contributed by atoms with Gasteiger partial charge in [-0.2, -0.15) is 0 Å². The summed E-state index contributed by atoms with van der Waals surface area (Å²) in [4.78, 5) is 2.64. The molecule has 0 saturated carbocycles. The maximum absolute atomic E-state index is 5.78. The second-order valence-corrected chi connectivity index (χ2v) is 6.76. The summed E-state index contributed by atoms with van der Waals surface area (Å²) in [6, 6.07) is 2.73. The van der Waals surface area contributed by atoms with Crippen molar-refractivity contribution in [1.82, 2.24) is 15.5 Å². The summed E-state index contributed by atoms with van der Waals surface area (Å²) < 4.78 is 5.78. The average molecular weight is 291 g/mol. The molecule has 5 heteroatoms. The number of hydrogen-bond donors (Lipinski definition) is 1. The number of rotatable bonds is 5. The second kappa shape index (κ2) is 6.06. The van der Waals surface area contributed by atoms with Crippen LogP contribution in [0.3, 0.4) is 0 Å². The molecule has 3 rings (SSSR count). The van der Waals surface area contributed by atoms with Crippen molar-refractivity contribution < 1.29 is 4.42 Å². The minimum atomic E-state index is 0.487. The molecule has 0 atom stereocenters. The first-order chi connectivity index (χ1) is 9.72. The van der Waals surface area contributed by atoms with Crippen LogP contribution in [-0.2, 0) is 19.3 Å². The van der Waals surface area contributed by atoms with Gasteiger partial charge < -0.3 is 9.73 Å². The van der Waals surface area contributed by atoms with E-state index in [1.54, 1.807) is 0 Å². The van der Waals surface area contributed by atoms with E-state index >= 15 is 0 Å². The molecular formula is C15H21N3OS. The number of nitrogens with zero attached hydrogens (tertiary/aromatic N) is 2. The minimum Gasteiger partial charge on any atom is -0.420 e. The van der Waals surface area contributed by atoms with Crippen molar-refractivity contribution in [1.29, 1.82) is 0 Å². The number of thiophene rings is 1. The molecule has 20 heavy (non-hydrogen) atoms. The monoisotopic (exact) mass is 291 g/mol. The molecule has 1 aliphatic carbocycles. The van der Waals surface area contributed by atoms with Crippen LogP contribution in [0.4, 0.5) is 0 Å². The van der Waals surface area contributed by atoms with Gasteiger partial charge in [-0.1, -0.05) is 13.8 Å². The molecular weight excluding hydrogens is 270 g/mol. The Morgan fingerprint density at radius 3 is 2.95 bits per heavy atom. The van der Waals surface area contributed by atoms with Gasteiger partial charge in [-0.05, 0) is 37.3 Å². The molecule has 0 bridgehead atoms. The molecule has 0 radical (unpaired) electrons. The zero-order valence-electron chi connectivity index (χ0n) is 12.1. The summed E-state index contributed by atoms with van der Waals surface area (Å²) in [6.45, 7) is 5.14. The number of hydrogen-bond acceptors (Lipinski definition) is 5. The highest BCUT2D eigenvalue weighted by Crippen LogP contribution is 2.35. The molecule has 2 aromatic rings. The van der Waals surface area contributed by atoms with Crippen LogP contribution in [0, 0.1) is 0 Å². The largest absolute Gasteiger partial charge is 0.420 e. The van der Waals surface area contributed by atoms with Gasteiger partial charge in [0.25, 0.3) is 5.89 Å². The van der Waals surface area contributed by atoms with Gasteiger partial charge in [0.2, 0.25) is 5.89 Å². The van der Waals surface area contributed by atoms with Crippen LogP contribution in [0.25, 0.3) is 10.8 Å². The molecule has 0 saturated heterocycles. The van der Waals surface area contributed by atoms with Gasteiger partial charge in [0, 0.05) is 23.9 Å². The first-order valence-electron chi connectivity index (χ1n) is 7.40. The van der Waals surface area contributed by atoms with Crippen LogP contribution in [0.5, 0.6) is 0 Å². The topological polar surface area (TPSA) is 51.0 Å². The van der Waals surface area contributed by atoms with Crippen molar-refractivity contribution in [2.24, 2.45) is 0 Å². The Labute approximate surface area is 123 Å². The summed E-state index contributed by atoms with van der Waals surface area (Å²) in [5.41, 5.74) is 1.48.